The van der Waals surface area contributed by atoms with Crippen molar-refractivity contribution in [1.29, 1.82) is 0 Å². The van der Waals surface area contributed by atoms with Gasteiger partial charge in [0.25, 0.3) is 0 Å². The van der Waals surface area contributed by atoms with Crippen LogP contribution in [0.15, 0.2) is 109 Å². The zero-order valence-corrected chi connectivity index (χ0v) is 21.2. The molecule has 38 heavy (non-hydrogen) atoms. The fraction of sp³-hybridized carbons (Fsp3) is 0.0556. The van der Waals surface area contributed by atoms with Crippen LogP contribution in [0.1, 0.15) is 22.3 Å². The lowest BCUT2D eigenvalue weighted by atomic mass is 9.90. The van der Waals surface area contributed by atoms with Crippen LogP contribution in [0.2, 0.25) is 0 Å². The summed E-state index contributed by atoms with van der Waals surface area (Å²) in [5.41, 5.74) is 3.89. The minimum absolute atomic E-state index is 0.817. The molecule has 180 valence electrons. The molecule has 0 fully saturated rings. The monoisotopic (exact) mass is 488 g/mol. The van der Waals surface area contributed by atoms with Crippen LogP contribution in [0.25, 0.3) is 32.3 Å². The molecule has 0 heterocycles. The van der Waals surface area contributed by atoms with Crippen LogP contribution in [0.3, 0.4) is 0 Å². The van der Waals surface area contributed by atoms with Gasteiger partial charge in [0.2, 0.25) is 0 Å². The summed E-state index contributed by atoms with van der Waals surface area (Å²) in [5, 5.41) is 6.74. The number of hydrogen-bond donors (Lipinski definition) is 0. The molecule has 0 atom stereocenters. The van der Waals surface area contributed by atoms with Crippen molar-refractivity contribution in [3.63, 3.8) is 0 Å². The van der Waals surface area contributed by atoms with Crippen molar-refractivity contribution < 1.29 is 9.47 Å². The number of hydrogen-bond acceptors (Lipinski definition) is 2. The first-order chi connectivity index (χ1) is 18.7. The highest BCUT2D eigenvalue weighted by molar-refractivity contribution is 6.13. The highest BCUT2D eigenvalue weighted by atomic mass is 16.5. The van der Waals surface area contributed by atoms with Crippen molar-refractivity contribution in [1.82, 2.24) is 0 Å². The molecular weight excluding hydrogens is 464 g/mol. The normalized spacial score (nSPS) is 10.5. The molecule has 0 amide bonds. The standard InChI is InChI=1S/C36H24O2/c1-37-29-17-11-25(12-18-29)15-21-33-31-9-5-6-10-32(31)34(22-16-26-13-19-30(38-2)20-14-26)36-24-28-8-4-3-7-27(28)23-35(33)36/h3-14,17-20,23-24H,1-2H3. The van der Waals surface area contributed by atoms with Crippen LogP contribution in [0, 0.1) is 23.7 Å². The van der Waals surface area contributed by atoms with Gasteiger partial charge >= 0.3 is 0 Å². The molecule has 0 saturated carbocycles. The summed E-state index contributed by atoms with van der Waals surface area (Å²) in [6.45, 7) is 0. The van der Waals surface area contributed by atoms with E-state index in [1.807, 2.05) is 48.5 Å². The Balaban J connectivity index is 1.62. The third-order valence-electron chi connectivity index (χ3n) is 6.73. The van der Waals surface area contributed by atoms with E-state index in [0.29, 0.717) is 0 Å². The van der Waals surface area contributed by atoms with Gasteiger partial charge in [0.15, 0.2) is 0 Å². The molecule has 0 saturated heterocycles. The number of benzene rings is 6. The van der Waals surface area contributed by atoms with Gasteiger partial charge in [-0.15, -0.1) is 0 Å². The molecule has 0 radical (unpaired) electrons. The third-order valence-corrected chi connectivity index (χ3v) is 6.73. The highest BCUT2D eigenvalue weighted by Gasteiger charge is 2.13. The van der Waals surface area contributed by atoms with Crippen molar-refractivity contribution in [2.45, 2.75) is 0 Å². The maximum absolute atomic E-state index is 5.30. The van der Waals surface area contributed by atoms with E-state index < -0.39 is 0 Å². The van der Waals surface area contributed by atoms with Crippen molar-refractivity contribution in [3.8, 4) is 35.2 Å². The van der Waals surface area contributed by atoms with E-state index in [1.54, 1.807) is 14.2 Å². The van der Waals surface area contributed by atoms with Gasteiger partial charge in [-0.1, -0.05) is 72.2 Å². The number of rotatable bonds is 2. The predicted octanol–water partition coefficient (Wildman–Crippen LogP) is 7.96. The summed E-state index contributed by atoms with van der Waals surface area (Å²) in [6, 6.07) is 37.0. The minimum atomic E-state index is 0.817. The topological polar surface area (TPSA) is 18.5 Å². The first kappa shape index (κ1) is 23.2. The zero-order chi connectivity index (χ0) is 25.9. The molecule has 6 rings (SSSR count). The van der Waals surface area contributed by atoms with Crippen LogP contribution in [0.4, 0.5) is 0 Å². The SMILES string of the molecule is COc1ccc(C#Cc2c3ccccc3c(C#Cc3ccc(OC)cc3)c3cc4ccccc4cc23)cc1. The van der Waals surface area contributed by atoms with E-state index in [-0.39, 0.29) is 0 Å². The van der Waals surface area contributed by atoms with E-state index in [4.69, 9.17) is 9.47 Å². The average molecular weight is 489 g/mol. The molecule has 2 nitrogen and oxygen atoms in total. The Labute approximate surface area is 222 Å². The molecule has 0 N–H and O–H groups in total. The lowest BCUT2D eigenvalue weighted by Crippen LogP contribution is -1.91. The second kappa shape index (κ2) is 10.1. The van der Waals surface area contributed by atoms with Gasteiger partial charge < -0.3 is 9.47 Å². The van der Waals surface area contributed by atoms with Crippen LogP contribution in [-0.4, -0.2) is 14.2 Å². The van der Waals surface area contributed by atoms with Crippen LogP contribution in [-0.2, 0) is 0 Å². The average Bonchev–Trinajstić information content (AvgIpc) is 2.98. The van der Waals surface area contributed by atoms with Crippen LogP contribution < -0.4 is 9.47 Å². The Hall–Kier alpha value is -5.18. The predicted molar refractivity (Wildman–Crippen MR) is 157 cm³/mol. The smallest absolute Gasteiger partial charge is 0.118 e. The summed E-state index contributed by atoms with van der Waals surface area (Å²) in [6.07, 6.45) is 0. The van der Waals surface area contributed by atoms with Crippen LogP contribution >= 0.6 is 0 Å². The Morgan fingerprint density at radius 1 is 0.421 bits per heavy atom. The first-order valence-corrected chi connectivity index (χ1v) is 12.4. The van der Waals surface area contributed by atoms with Gasteiger partial charge in [-0.3, -0.25) is 0 Å². The molecule has 6 aromatic rings. The van der Waals surface area contributed by atoms with E-state index in [9.17, 15) is 0 Å². The largest absolute Gasteiger partial charge is 0.497 e. The van der Waals surface area contributed by atoms with Gasteiger partial charge in [0.1, 0.15) is 11.5 Å². The first-order valence-electron chi connectivity index (χ1n) is 12.4. The van der Waals surface area contributed by atoms with Gasteiger partial charge in [0, 0.05) is 22.3 Å². The van der Waals surface area contributed by atoms with E-state index >= 15 is 0 Å². The van der Waals surface area contributed by atoms with Gasteiger partial charge in [-0.05, 0) is 93.0 Å². The summed E-state index contributed by atoms with van der Waals surface area (Å²) in [4.78, 5) is 0. The molecule has 6 aromatic carbocycles. The molecule has 0 aliphatic rings. The Morgan fingerprint density at radius 2 is 0.816 bits per heavy atom. The summed E-state index contributed by atoms with van der Waals surface area (Å²) >= 11 is 0. The molecule has 0 unspecified atom stereocenters. The third kappa shape index (κ3) is 4.41. The molecule has 2 heteroatoms. The fourth-order valence-corrected chi connectivity index (χ4v) is 4.75. The molecule has 0 aliphatic heterocycles. The van der Waals surface area contributed by atoms with Gasteiger partial charge in [-0.25, -0.2) is 0 Å². The summed E-state index contributed by atoms with van der Waals surface area (Å²) in [7, 11) is 3.34. The number of methoxy groups -OCH3 is 2. The van der Waals surface area contributed by atoms with Crippen LogP contribution in [0.5, 0.6) is 11.5 Å². The number of ether oxygens (including phenoxy) is 2. The lowest BCUT2D eigenvalue weighted by Gasteiger charge is -2.12. The molecular formula is C36H24O2. The molecule has 0 bridgehead atoms. The van der Waals surface area contributed by atoms with E-state index in [1.165, 1.54) is 10.8 Å². The summed E-state index contributed by atoms with van der Waals surface area (Å²) < 4.78 is 10.6. The number of fused-ring (bicyclic) bond motifs is 3. The van der Waals surface area contributed by atoms with Gasteiger partial charge in [-0.2, -0.15) is 0 Å². The van der Waals surface area contributed by atoms with Crippen molar-refractivity contribution in [2.24, 2.45) is 0 Å². The maximum Gasteiger partial charge on any atom is 0.118 e. The Kier molecular flexibility index (Phi) is 6.15. The van der Waals surface area contributed by atoms with Crippen molar-refractivity contribution in [3.05, 3.63) is 131 Å². The van der Waals surface area contributed by atoms with Crippen molar-refractivity contribution in [2.75, 3.05) is 14.2 Å². The van der Waals surface area contributed by atoms with E-state index in [2.05, 4.69) is 84.3 Å². The molecule has 0 aromatic heterocycles. The quantitative estimate of drug-likeness (QED) is 0.182. The molecule has 0 aliphatic carbocycles. The highest BCUT2D eigenvalue weighted by Crippen LogP contribution is 2.35. The Morgan fingerprint density at radius 3 is 1.21 bits per heavy atom. The second-order valence-corrected chi connectivity index (χ2v) is 9.00. The molecule has 0 spiro atoms. The van der Waals surface area contributed by atoms with Crippen molar-refractivity contribution >= 4 is 32.3 Å². The Bertz CT molecular complexity index is 1780. The lowest BCUT2D eigenvalue weighted by molar-refractivity contribution is 0.414. The van der Waals surface area contributed by atoms with E-state index in [0.717, 1.165) is 55.3 Å². The fourth-order valence-electron chi connectivity index (χ4n) is 4.75. The second-order valence-electron chi connectivity index (χ2n) is 9.00. The minimum Gasteiger partial charge on any atom is -0.497 e. The summed E-state index contributed by atoms with van der Waals surface area (Å²) in [5.74, 6) is 15.4. The van der Waals surface area contributed by atoms with Gasteiger partial charge in [0.05, 0.1) is 14.2 Å². The zero-order valence-electron chi connectivity index (χ0n) is 21.2. The maximum atomic E-state index is 5.30.